The van der Waals surface area contributed by atoms with Crippen molar-refractivity contribution in [3.63, 3.8) is 0 Å². The first kappa shape index (κ1) is 20.1. The fourth-order valence-corrected chi connectivity index (χ4v) is 3.95. The Bertz CT molecular complexity index is 1080. The van der Waals surface area contributed by atoms with Crippen molar-refractivity contribution in [2.24, 2.45) is 14.1 Å². The number of hydrogen-bond donors (Lipinski definition) is 1. The number of ether oxygens (including phenoxy) is 1. The first-order valence-corrected chi connectivity index (χ1v) is 10.00. The SMILES string of the molecule is Cc1ccccc1OCC(=O)Nc1cc2c(cc1SC(C)C)n(C)c(=O)n2C. The summed E-state index contributed by atoms with van der Waals surface area (Å²) in [4.78, 5) is 25.7. The van der Waals surface area contributed by atoms with Crippen LogP contribution in [0.25, 0.3) is 11.0 Å². The molecule has 3 rings (SSSR count). The molecule has 28 heavy (non-hydrogen) atoms. The average Bonchev–Trinajstić information content (AvgIpc) is 2.85. The summed E-state index contributed by atoms with van der Waals surface area (Å²) >= 11 is 1.64. The van der Waals surface area contributed by atoms with Crippen LogP contribution in [0.4, 0.5) is 5.69 Å². The van der Waals surface area contributed by atoms with E-state index in [9.17, 15) is 9.59 Å². The standard InChI is InChI=1S/C21H25N3O3S/c1-13(2)28-19-11-17-16(23(4)21(26)24(17)5)10-15(19)22-20(25)12-27-18-9-7-6-8-14(18)3/h6-11,13H,12H2,1-5H3,(H,22,25). The Balaban J connectivity index is 1.87. The van der Waals surface area contributed by atoms with Gasteiger partial charge in [0.05, 0.1) is 16.7 Å². The summed E-state index contributed by atoms with van der Waals surface area (Å²) < 4.78 is 8.85. The second kappa shape index (κ2) is 8.14. The van der Waals surface area contributed by atoms with Gasteiger partial charge in [0.25, 0.3) is 5.91 Å². The summed E-state index contributed by atoms with van der Waals surface area (Å²) in [7, 11) is 3.48. The molecule has 1 amide bonds. The minimum atomic E-state index is -0.242. The Morgan fingerprint density at radius 3 is 2.43 bits per heavy atom. The number of thioether (sulfide) groups is 1. The zero-order valence-corrected chi connectivity index (χ0v) is 17.6. The maximum absolute atomic E-state index is 12.5. The van der Waals surface area contributed by atoms with Crippen LogP contribution >= 0.6 is 11.8 Å². The molecule has 1 N–H and O–H groups in total. The predicted octanol–water partition coefficient (Wildman–Crippen LogP) is 3.70. The van der Waals surface area contributed by atoms with Gasteiger partial charge in [-0.15, -0.1) is 11.8 Å². The highest BCUT2D eigenvalue weighted by atomic mass is 32.2. The van der Waals surface area contributed by atoms with Crippen molar-refractivity contribution in [2.75, 3.05) is 11.9 Å². The molecule has 0 unspecified atom stereocenters. The number of fused-ring (bicyclic) bond motifs is 1. The van der Waals surface area contributed by atoms with E-state index in [2.05, 4.69) is 19.2 Å². The third-order valence-corrected chi connectivity index (χ3v) is 5.53. The highest BCUT2D eigenvalue weighted by Crippen LogP contribution is 2.34. The fourth-order valence-electron chi connectivity index (χ4n) is 3.02. The van der Waals surface area contributed by atoms with Crippen LogP contribution in [0.2, 0.25) is 0 Å². The molecule has 0 saturated carbocycles. The van der Waals surface area contributed by atoms with Crippen LogP contribution in [0.5, 0.6) is 5.75 Å². The van der Waals surface area contributed by atoms with Gasteiger partial charge in [0.2, 0.25) is 0 Å². The molecule has 0 fully saturated rings. The van der Waals surface area contributed by atoms with Crippen molar-refractivity contribution in [3.8, 4) is 5.75 Å². The van der Waals surface area contributed by atoms with Crippen LogP contribution in [0.15, 0.2) is 46.1 Å². The number of anilines is 1. The molecule has 2 aromatic carbocycles. The summed E-state index contributed by atoms with van der Waals surface area (Å²) in [5, 5.41) is 3.27. The average molecular weight is 400 g/mol. The number of amides is 1. The van der Waals surface area contributed by atoms with E-state index >= 15 is 0 Å². The van der Waals surface area contributed by atoms with Gasteiger partial charge in [-0.05, 0) is 30.7 Å². The van der Waals surface area contributed by atoms with Crippen molar-refractivity contribution in [1.29, 1.82) is 0 Å². The summed E-state index contributed by atoms with van der Waals surface area (Å²) in [5.41, 5.74) is 3.18. The number of aromatic nitrogens is 2. The van der Waals surface area contributed by atoms with Crippen LogP contribution in [0, 0.1) is 6.92 Å². The molecular weight excluding hydrogens is 374 g/mol. The molecule has 0 saturated heterocycles. The molecule has 0 spiro atoms. The minimum absolute atomic E-state index is 0.0810. The lowest BCUT2D eigenvalue weighted by molar-refractivity contribution is -0.118. The van der Waals surface area contributed by atoms with Crippen LogP contribution in [-0.4, -0.2) is 26.9 Å². The second-order valence-corrected chi connectivity index (χ2v) is 8.62. The van der Waals surface area contributed by atoms with E-state index in [4.69, 9.17) is 4.74 Å². The fraction of sp³-hybridized carbons (Fsp3) is 0.333. The lowest BCUT2D eigenvalue weighted by atomic mass is 10.2. The number of carbonyl (C=O) groups is 1. The van der Waals surface area contributed by atoms with Crippen molar-refractivity contribution in [3.05, 3.63) is 52.4 Å². The number of hydrogen-bond acceptors (Lipinski definition) is 4. The topological polar surface area (TPSA) is 65.3 Å². The molecule has 0 aliphatic rings. The molecule has 0 aliphatic carbocycles. The Hall–Kier alpha value is -2.67. The van der Waals surface area contributed by atoms with Crippen molar-refractivity contribution in [1.82, 2.24) is 9.13 Å². The van der Waals surface area contributed by atoms with Gasteiger partial charge in [-0.3, -0.25) is 13.9 Å². The van der Waals surface area contributed by atoms with Crippen LogP contribution in [0.1, 0.15) is 19.4 Å². The maximum atomic E-state index is 12.5. The Labute approximate surface area is 168 Å². The number of nitrogens with one attached hydrogen (secondary N) is 1. The van der Waals surface area contributed by atoms with Gasteiger partial charge in [0, 0.05) is 24.2 Å². The Morgan fingerprint density at radius 1 is 1.14 bits per heavy atom. The van der Waals surface area contributed by atoms with Crippen molar-refractivity contribution < 1.29 is 9.53 Å². The van der Waals surface area contributed by atoms with Gasteiger partial charge in [-0.25, -0.2) is 4.79 Å². The zero-order valence-electron chi connectivity index (χ0n) is 16.8. The maximum Gasteiger partial charge on any atom is 0.328 e. The van der Waals surface area contributed by atoms with Gasteiger partial charge < -0.3 is 10.1 Å². The highest BCUT2D eigenvalue weighted by molar-refractivity contribution is 8.00. The predicted molar refractivity (Wildman–Crippen MR) is 114 cm³/mol. The molecule has 0 atom stereocenters. The van der Waals surface area contributed by atoms with E-state index in [1.807, 2.05) is 43.3 Å². The van der Waals surface area contributed by atoms with E-state index in [1.54, 1.807) is 35.0 Å². The Kier molecular flexibility index (Phi) is 5.84. The van der Waals surface area contributed by atoms with Gasteiger partial charge in [-0.2, -0.15) is 0 Å². The molecular formula is C21H25N3O3S. The Morgan fingerprint density at radius 2 is 1.79 bits per heavy atom. The van der Waals surface area contributed by atoms with Gasteiger partial charge >= 0.3 is 5.69 Å². The third kappa shape index (κ3) is 4.09. The smallest absolute Gasteiger partial charge is 0.328 e. The molecule has 0 bridgehead atoms. The number of para-hydroxylation sites is 1. The van der Waals surface area contributed by atoms with E-state index in [0.29, 0.717) is 16.7 Å². The highest BCUT2D eigenvalue weighted by Gasteiger charge is 2.16. The normalized spacial score (nSPS) is 11.2. The molecule has 148 valence electrons. The summed E-state index contributed by atoms with van der Waals surface area (Å²) in [6.45, 7) is 6.04. The molecule has 0 radical (unpaired) electrons. The quantitative estimate of drug-likeness (QED) is 0.642. The lowest BCUT2D eigenvalue weighted by Crippen LogP contribution is -2.21. The first-order chi connectivity index (χ1) is 13.3. The van der Waals surface area contributed by atoms with Crippen LogP contribution < -0.4 is 15.7 Å². The summed E-state index contributed by atoms with van der Waals surface area (Å²) in [6.07, 6.45) is 0. The number of aryl methyl sites for hydroxylation is 3. The molecule has 1 heterocycles. The third-order valence-electron chi connectivity index (χ3n) is 4.46. The summed E-state index contributed by atoms with van der Waals surface area (Å²) in [5.74, 6) is 0.449. The number of imidazole rings is 1. The van der Waals surface area contributed by atoms with E-state index in [-0.39, 0.29) is 18.2 Å². The van der Waals surface area contributed by atoms with E-state index in [1.165, 1.54) is 0 Å². The number of rotatable bonds is 6. The van der Waals surface area contributed by atoms with Crippen molar-refractivity contribution in [2.45, 2.75) is 30.9 Å². The van der Waals surface area contributed by atoms with Gasteiger partial charge in [0.15, 0.2) is 6.61 Å². The van der Waals surface area contributed by atoms with Crippen LogP contribution in [0.3, 0.4) is 0 Å². The minimum Gasteiger partial charge on any atom is -0.483 e. The number of nitrogens with zero attached hydrogens (tertiary/aromatic N) is 2. The molecule has 7 heteroatoms. The number of carbonyl (C=O) groups excluding carboxylic acids is 1. The van der Waals surface area contributed by atoms with Gasteiger partial charge in [-0.1, -0.05) is 32.0 Å². The largest absolute Gasteiger partial charge is 0.483 e. The van der Waals surface area contributed by atoms with Crippen LogP contribution in [-0.2, 0) is 18.9 Å². The lowest BCUT2D eigenvalue weighted by Gasteiger charge is -2.14. The first-order valence-electron chi connectivity index (χ1n) is 9.12. The second-order valence-electron chi connectivity index (χ2n) is 7.01. The summed E-state index contributed by atoms with van der Waals surface area (Å²) in [6, 6.07) is 11.4. The zero-order chi connectivity index (χ0) is 20.4. The van der Waals surface area contributed by atoms with Crippen molar-refractivity contribution >= 4 is 34.4 Å². The molecule has 3 aromatic rings. The monoisotopic (exact) mass is 399 g/mol. The van der Waals surface area contributed by atoms with E-state index < -0.39 is 0 Å². The number of benzene rings is 2. The molecule has 0 aliphatic heterocycles. The molecule has 6 nitrogen and oxygen atoms in total. The molecule has 1 aromatic heterocycles. The van der Waals surface area contributed by atoms with Gasteiger partial charge in [0.1, 0.15) is 5.75 Å². The van der Waals surface area contributed by atoms with E-state index in [0.717, 1.165) is 21.5 Å².